The number of benzene rings is 3. The maximum absolute atomic E-state index is 14.0. The van der Waals surface area contributed by atoms with Crippen molar-refractivity contribution in [2.24, 2.45) is 0 Å². The number of ether oxygens (including phenoxy) is 2. The molecule has 38 heavy (non-hydrogen) atoms. The van der Waals surface area contributed by atoms with Gasteiger partial charge in [-0.25, -0.2) is 4.68 Å². The number of hydrogen-bond donors (Lipinski definition) is 1. The standard InChI is InChI=1S/C29H33N5O4/c1-29(2,3)30-28(36)27(21-9-8-10-23(17-21)38-5)33(18-20-13-15-22(37-4)16-14-20)26(35)19-34-25-12-7-6-11-24(25)31-32-34/h6-17,27H,18-19H2,1-5H3,(H,30,36)/t27-/m0/s1. The Kier molecular flexibility index (Phi) is 7.95. The summed E-state index contributed by atoms with van der Waals surface area (Å²) in [6.45, 7) is 5.83. The summed E-state index contributed by atoms with van der Waals surface area (Å²) in [6, 6.07) is 21.2. The predicted octanol–water partition coefficient (Wildman–Crippen LogP) is 4.13. The summed E-state index contributed by atoms with van der Waals surface area (Å²) >= 11 is 0. The Balaban J connectivity index is 1.78. The Hall–Kier alpha value is -4.40. The number of amides is 2. The third-order valence-corrected chi connectivity index (χ3v) is 6.01. The van der Waals surface area contributed by atoms with Gasteiger partial charge in [-0.3, -0.25) is 9.59 Å². The van der Waals surface area contributed by atoms with Gasteiger partial charge in [-0.05, 0) is 68.3 Å². The number of rotatable bonds is 9. The largest absolute Gasteiger partial charge is 0.497 e. The number of nitrogens with zero attached hydrogens (tertiary/aromatic N) is 4. The highest BCUT2D eigenvalue weighted by atomic mass is 16.5. The third kappa shape index (κ3) is 6.29. The van der Waals surface area contributed by atoms with Crippen molar-refractivity contribution in [2.45, 2.75) is 45.4 Å². The van der Waals surface area contributed by atoms with Crippen molar-refractivity contribution in [1.29, 1.82) is 0 Å². The van der Waals surface area contributed by atoms with Crippen molar-refractivity contribution < 1.29 is 19.1 Å². The minimum absolute atomic E-state index is 0.0834. The lowest BCUT2D eigenvalue weighted by atomic mass is 10.0. The Morgan fingerprint density at radius 2 is 1.66 bits per heavy atom. The van der Waals surface area contributed by atoms with Crippen LogP contribution in [0.1, 0.15) is 37.9 Å². The zero-order chi connectivity index (χ0) is 27.3. The van der Waals surface area contributed by atoms with Crippen LogP contribution >= 0.6 is 0 Å². The second-order valence-corrected chi connectivity index (χ2v) is 10.0. The molecule has 0 fully saturated rings. The van der Waals surface area contributed by atoms with Gasteiger partial charge in [-0.2, -0.15) is 0 Å². The molecule has 0 saturated carbocycles. The minimum atomic E-state index is -0.922. The van der Waals surface area contributed by atoms with E-state index in [0.717, 1.165) is 11.1 Å². The lowest BCUT2D eigenvalue weighted by molar-refractivity contribution is -0.142. The molecule has 9 heteroatoms. The number of methoxy groups -OCH3 is 2. The SMILES string of the molecule is COc1ccc(CN(C(=O)Cn2nnc3ccccc32)[C@H](C(=O)NC(C)(C)C)c2cccc(OC)c2)cc1. The van der Waals surface area contributed by atoms with E-state index in [9.17, 15) is 9.59 Å². The molecule has 3 aromatic carbocycles. The summed E-state index contributed by atoms with van der Waals surface area (Å²) in [5.74, 6) is 0.718. The molecule has 4 aromatic rings. The maximum Gasteiger partial charge on any atom is 0.247 e. The number of para-hydroxylation sites is 1. The number of fused-ring (bicyclic) bond motifs is 1. The van der Waals surface area contributed by atoms with E-state index in [-0.39, 0.29) is 24.9 Å². The third-order valence-electron chi connectivity index (χ3n) is 6.01. The topological polar surface area (TPSA) is 98.6 Å². The summed E-state index contributed by atoms with van der Waals surface area (Å²) < 4.78 is 12.3. The summed E-state index contributed by atoms with van der Waals surface area (Å²) in [4.78, 5) is 29.4. The van der Waals surface area contributed by atoms with Crippen LogP contribution in [0, 0.1) is 0 Å². The molecular formula is C29H33N5O4. The second-order valence-electron chi connectivity index (χ2n) is 10.0. The van der Waals surface area contributed by atoms with Crippen molar-refractivity contribution in [3.8, 4) is 11.5 Å². The van der Waals surface area contributed by atoms with Gasteiger partial charge < -0.3 is 19.7 Å². The molecule has 1 aromatic heterocycles. The zero-order valence-electron chi connectivity index (χ0n) is 22.3. The number of aromatic nitrogens is 3. The monoisotopic (exact) mass is 515 g/mol. The molecule has 9 nitrogen and oxygen atoms in total. The summed E-state index contributed by atoms with van der Waals surface area (Å²) in [5.41, 5.74) is 2.40. The number of carbonyl (C=O) groups is 2. The molecule has 0 aliphatic heterocycles. The first-order valence-corrected chi connectivity index (χ1v) is 12.3. The van der Waals surface area contributed by atoms with E-state index in [4.69, 9.17) is 9.47 Å². The van der Waals surface area contributed by atoms with Gasteiger partial charge in [0.2, 0.25) is 11.8 Å². The molecule has 0 radical (unpaired) electrons. The van der Waals surface area contributed by atoms with E-state index in [1.54, 1.807) is 35.9 Å². The van der Waals surface area contributed by atoms with Crippen LogP contribution in [0.25, 0.3) is 11.0 Å². The van der Waals surface area contributed by atoms with Gasteiger partial charge in [0.15, 0.2) is 0 Å². The molecule has 2 amide bonds. The molecule has 0 unspecified atom stereocenters. The highest BCUT2D eigenvalue weighted by Gasteiger charge is 2.34. The van der Waals surface area contributed by atoms with Crippen LogP contribution in [-0.4, -0.2) is 51.5 Å². The molecule has 198 valence electrons. The van der Waals surface area contributed by atoms with Gasteiger partial charge >= 0.3 is 0 Å². The smallest absolute Gasteiger partial charge is 0.247 e. The molecule has 1 atom stereocenters. The average molecular weight is 516 g/mol. The quantitative estimate of drug-likeness (QED) is 0.360. The van der Waals surface area contributed by atoms with Crippen LogP contribution in [0.4, 0.5) is 0 Å². The summed E-state index contributed by atoms with van der Waals surface area (Å²) in [5, 5.41) is 11.4. The highest BCUT2D eigenvalue weighted by Crippen LogP contribution is 2.28. The van der Waals surface area contributed by atoms with Gasteiger partial charge in [-0.15, -0.1) is 5.10 Å². The Morgan fingerprint density at radius 1 is 0.947 bits per heavy atom. The van der Waals surface area contributed by atoms with Gasteiger partial charge in [0, 0.05) is 12.1 Å². The average Bonchev–Trinajstić information content (AvgIpc) is 3.30. The normalized spacial score (nSPS) is 12.1. The van der Waals surface area contributed by atoms with Crippen molar-refractivity contribution in [3.63, 3.8) is 0 Å². The van der Waals surface area contributed by atoms with Crippen LogP contribution in [0.2, 0.25) is 0 Å². The Bertz CT molecular complexity index is 1410. The Morgan fingerprint density at radius 3 is 2.34 bits per heavy atom. The molecule has 1 heterocycles. The number of hydrogen-bond acceptors (Lipinski definition) is 6. The fourth-order valence-electron chi connectivity index (χ4n) is 4.23. The molecule has 0 bridgehead atoms. The van der Waals surface area contributed by atoms with E-state index in [0.29, 0.717) is 22.6 Å². The van der Waals surface area contributed by atoms with Crippen molar-refractivity contribution in [1.82, 2.24) is 25.2 Å². The van der Waals surface area contributed by atoms with Crippen LogP contribution < -0.4 is 14.8 Å². The molecule has 0 saturated heterocycles. The zero-order valence-corrected chi connectivity index (χ0v) is 22.3. The van der Waals surface area contributed by atoms with E-state index < -0.39 is 11.6 Å². The minimum Gasteiger partial charge on any atom is -0.497 e. The lowest BCUT2D eigenvalue weighted by Crippen LogP contribution is -2.49. The van der Waals surface area contributed by atoms with Crippen LogP contribution in [-0.2, 0) is 22.7 Å². The van der Waals surface area contributed by atoms with Crippen LogP contribution in [0.3, 0.4) is 0 Å². The number of nitrogens with one attached hydrogen (secondary N) is 1. The van der Waals surface area contributed by atoms with Gasteiger partial charge in [0.25, 0.3) is 0 Å². The first-order valence-electron chi connectivity index (χ1n) is 12.3. The van der Waals surface area contributed by atoms with Crippen LogP contribution in [0.5, 0.6) is 11.5 Å². The molecule has 0 spiro atoms. The lowest BCUT2D eigenvalue weighted by Gasteiger charge is -2.34. The van der Waals surface area contributed by atoms with Crippen molar-refractivity contribution >= 4 is 22.8 Å². The second kappa shape index (κ2) is 11.3. The molecule has 1 N–H and O–H groups in total. The van der Waals surface area contributed by atoms with Gasteiger partial charge in [0.1, 0.15) is 29.6 Å². The fourth-order valence-corrected chi connectivity index (χ4v) is 4.23. The first-order chi connectivity index (χ1) is 18.2. The van der Waals surface area contributed by atoms with Gasteiger partial charge in [0.05, 0.1) is 19.7 Å². The first kappa shape index (κ1) is 26.7. The van der Waals surface area contributed by atoms with E-state index in [2.05, 4.69) is 15.6 Å². The van der Waals surface area contributed by atoms with Crippen LogP contribution in [0.15, 0.2) is 72.8 Å². The van der Waals surface area contributed by atoms with E-state index in [1.165, 1.54) is 0 Å². The molecule has 0 aliphatic carbocycles. The van der Waals surface area contributed by atoms with Crippen molar-refractivity contribution in [3.05, 3.63) is 83.9 Å². The highest BCUT2D eigenvalue weighted by molar-refractivity contribution is 5.89. The number of carbonyl (C=O) groups excluding carboxylic acids is 2. The van der Waals surface area contributed by atoms with E-state index >= 15 is 0 Å². The van der Waals surface area contributed by atoms with Crippen molar-refractivity contribution in [2.75, 3.05) is 14.2 Å². The Labute approximate surface area is 222 Å². The predicted molar refractivity (Wildman–Crippen MR) is 145 cm³/mol. The molecule has 4 rings (SSSR count). The van der Waals surface area contributed by atoms with E-state index in [1.807, 2.05) is 81.4 Å². The fraction of sp³-hybridized carbons (Fsp3) is 0.310. The maximum atomic E-state index is 14.0. The molecular weight excluding hydrogens is 482 g/mol. The molecule has 0 aliphatic rings. The summed E-state index contributed by atoms with van der Waals surface area (Å²) in [6.07, 6.45) is 0. The summed E-state index contributed by atoms with van der Waals surface area (Å²) in [7, 11) is 3.17. The van der Waals surface area contributed by atoms with Gasteiger partial charge in [-0.1, -0.05) is 41.6 Å².